The van der Waals surface area contributed by atoms with Crippen molar-refractivity contribution in [2.24, 2.45) is 11.8 Å². The van der Waals surface area contributed by atoms with Gasteiger partial charge in [-0.3, -0.25) is 0 Å². The molecule has 3 saturated carbocycles. The highest BCUT2D eigenvalue weighted by atomic mass is 35.5. The zero-order valence-corrected chi connectivity index (χ0v) is 18.7. The van der Waals surface area contributed by atoms with Gasteiger partial charge in [-0.15, -0.1) is 11.6 Å². The van der Waals surface area contributed by atoms with Gasteiger partial charge in [-0.05, 0) is 76.0 Å². The first kappa shape index (κ1) is 21.9. The lowest BCUT2D eigenvalue weighted by Crippen LogP contribution is -2.41. The Bertz CT molecular complexity index is 536. The van der Waals surface area contributed by atoms with Gasteiger partial charge in [0.1, 0.15) is 0 Å². The van der Waals surface area contributed by atoms with Gasteiger partial charge in [0.15, 0.2) is 9.84 Å². The number of alkyl halides is 1. The molecule has 27 heavy (non-hydrogen) atoms. The summed E-state index contributed by atoms with van der Waals surface area (Å²) in [6, 6.07) is 0. The number of halogens is 1. The first-order valence-corrected chi connectivity index (χ1v) is 13.5. The second kappa shape index (κ2) is 10.3. The highest BCUT2D eigenvalue weighted by Gasteiger charge is 2.41. The monoisotopic (exact) mass is 418 g/mol. The standard InChI is InChI=1S/C22H39ClO3S/c1-2-22(27(24,25)21-13-11-19(23)12-14-21)18-9-6-10-20(15-18)26-16-17-7-4-3-5-8-17/h17-22H,2-16H2,1H3. The maximum Gasteiger partial charge on any atom is 0.156 e. The van der Waals surface area contributed by atoms with Crippen molar-refractivity contribution in [1.82, 2.24) is 0 Å². The van der Waals surface area contributed by atoms with Crippen LogP contribution in [0, 0.1) is 11.8 Å². The van der Waals surface area contributed by atoms with Gasteiger partial charge in [-0.25, -0.2) is 8.42 Å². The third-order valence-corrected chi connectivity index (χ3v) is 10.8. The number of hydrogen-bond donors (Lipinski definition) is 0. The molecule has 0 spiro atoms. The van der Waals surface area contributed by atoms with E-state index in [4.69, 9.17) is 16.3 Å². The molecule has 158 valence electrons. The normalized spacial score (nSPS) is 35.0. The lowest BCUT2D eigenvalue weighted by molar-refractivity contribution is -0.0116. The van der Waals surface area contributed by atoms with Gasteiger partial charge in [0.25, 0.3) is 0 Å². The van der Waals surface area contributed by atoms with Crippen LogP contribution in [0.2, 0.25) is 0 Å². The molecule has 3 rings (SSSR count). The predicted octanol–water partition coefficient (Wildman–Crippen LogP) is 5.89. The topological polar surface area (TPSA) is 43.4 Å². The Balaban J connectivity index is 1.55. The van der Waals surface area contributed by atoms with Gasteiger partial charge in [-0.2, -0.15) is 0 Å². The molecule has 3 fully saturated rings. The smallest absolute Gasteiger partial charge is 0.156 e. The van der Waals surface area contributed by atoms with Gasteiger partial charge >= 0.3 is 0 Å². The Kier molecular flexibility index (Phi) is 8.35. The van der Waals surface area contributed by atoms with E-state index in [1.165, 1.54) is 32.1 Å². The highest BCUT2D eigenvalue weighted by Crippen LogP contribution is 2.38. The van der Waals surface area contributed by atoms with Crippen molar-refractivity contribution in [3.05, 3.63) is 0 Å². The lowest BCUT2D eigenvalue weighted by atomic mass is 9.84. The van der Waals surface area contributed by atoms with Crippen LogP contribution in [-0.2, 0) is 14.6 Å². The molecule has 0 heterocycles. The molecule has 5 heteroatoms. The summed E-state index contributed by atoms with van der Waals surface area (Å²) in [5.41, 5.74) is 0. The fraction of sp³-hybridized carbons (Fsp3) is 1.00. The minimum Gasteiger partial charge on any atom is -0.378 e. The van der Waals surface area contributed by atoms with Crippen molar-refractivity contribution < 1.29 is 13.2 Å². The summed E-state index contributed by atoms with van der Waals surface area (Å²) >= 11 is 6.20. The van der Waals surface area contributed by atoms with Crippen molar-refractivity contribution in [2.45, 2.75) is 119 Å². The molecule has 3 aliphatic rings. The van der Waals surface area contributed by atoms with Crippen molar-refractivity contribution in [1.29, 1.82) is 0 Å². The van der Waals surface area contributed by atoms with Crippen LogP contribution >= 0.6 is 11.6 Å². The van der Waals surface area contributed by atoms with Gasteiger partial charge in [0, 0.05) is 12.0 Å². The SMILES string of the molecule is CCC(C1CCCC(OCC2CCCCC2)C1)S(=O)(=O)C1CCC(Cl)CC1. The fourth-order valence-corrected chi connectivity index (χ4v) is 8.65. The number of hydrogen-bond acceptors (Lipinski definition) is 3. The average Bonchev–Trinajstić information content (AvgIpc) is 2.68. The number of sulfone groups is 1. The molecule has 3 aliphatic carbocycles. The summed E-state index contributed by atoms with van der Waals surface area (Å²) in [5, 5.41) is -0.180. The molecule has 0 aliphatic heterocycles. The summed E-state index contributed by atoms with van der Waals surface area (Å²) < 4.78 is 33.0. The molecule has 3 unspecified atom stereocenters. The second-order valence-electron chi connectivity index (χ2n) is 9.30. The second-order valence-corrected chi connectivity index (χ2v) is 12.4. The van der Waals surface area contributed by atoms with E-state index in [-0.39, 0.29) is 27.9 Å². The molecular formula is C22H39ClO3S. The van der Waals surface area contributed by atoms with Crippen molar-refractivity contribution in [3.8, 4) is 0 Å². The third kappa shape index (κ3) is 5.85. The largest absolute Gasteiger partial charge is 0.378 e. The maximum absolute atomic E-state index is 13.4. The van der Waals surface area contributed by atoms with Gasteiger partial charge in [0.05, 0.1) is 16.6 Å². The molecule has 3 atom stereocenters. The molecule has 3 nitrogen and oxygen atoms in total. The third-order valence-electron chi connectivity index (χ3n) is 7.38. The first-order chi connectivity index (χ1) is 13.0. The van der Waals surface area contributed by atoms with Crippen molar-refractivity contribution in [2.75, 3.05) is 6.61 Å². The maximum atomic E-state index is 13.4. The van der Waals surface area contributed by atoms with Gasteiger partial charge in [-0.1, -0.05) is 32.6 Å². The van der Waals surface area contributed by atoms with E-state index in [0.29, 0.717) is 0 Å². The molecular weight excluding hydrogens is 380 g/mol. The highest BCUT2D eigenvalue weighted by molar-refractivity contribution is 7.92. The van der Waals surface area contributed by atoms with E-state index in [1.807, 2.05) is 0 Å². The van der Waals surface area contributed by atoms with Crippen LogP contribution in [0.4, 0.5) is 0 Å². The van der Waals surface area contributed by atoms with Crippen molar-refractivity contribution in [3.63, 3.8) is 0 Å². The minimum absolute atomic E-state index is 0.166. The Labute approximate surface area is 171 Å². The first-order valence-electron chi connectivity index (χ1n) is 11.5. The summed E-state index contributed by atoms with van der Waals surface area (Å²) in [6.07, 6.45) is 15.1. The average molecular weight is 419 g/mol. The van der Waals surface area contributed by atoms with Gasteiger partial charge < -0.3 is 4.74 Å². The molecule has 0 bridgehead atoms. The van der Waals surface area contributed by atoms with E-state index >= 15 is 0 Å². The zero-order valence-electron chi connectivity index (χ0n) is 17.1. The molecule has 0 aromatic rings. The van der Waals surface area contributed by atoms with Gasteiger partial charge in [0.2, 0.25) is 0 Å². The summed E-state index contributed by atoms with van der Waals surface area (Å²) in [7, 11) is -3.07. The van der Waals surface area contributed by atoms with E-state index in [2.05, 4.69) is 6.92 Å². The Morgan fingerprint density at radius 1 is 0.926 bits per heavy atom. The summed E-state index contributed by atoms with van der Waals surface area (Å²) in [5.74, 6) is 1.01. The Morgan fingerprint density at radius 3 is 2.30 bits per heavy atom. The van der Waals surface area contributed by atoms with E-state index < -0.39 is 9.84 Å². The summed E-state index contributed by atoms with van der Waals surface area (Å²) in [6.45, 7) is 2.95. The van der Waals surface area contributed by atoms with E-state index in [9.17, 15) is 8.42 Å². The van der Waals surface area contributed by atoms with Crippen LogP contribution in [0.25, 0.3) is 0 Å². The quantitative estimate of drug-likeness (QED) is 0.484. The van der Waals surface area contributed by atoms with E-state index in [1.54, 1.807) is 0 Å². The van der Waals surface area contributed by atoms with Crippen LogP contribution in [0.5, 0.6) is 0 Å². The molecule has 0 amide bonds. The number of rotatable bonds is 7. The number of ether oxygens (including phenoxy) is 1. The van der Waals surface area contributed by atoms with Crippen LogP contribution in [0.3, 0.4) is 0 Å². The molecule has 0 saturated heterocycles. The zero-order chi connectivity index (χ0) is 19.3. The summed E-state index contributed by atoms with van der Waals surface area (Å²) in [4.78, 5) is 0. The van der Waals surface area contributed by atoms with Crippen LogP contribution in [0.15, 0.2) is 0 Å². The molecule has 0 radical (unpaired) electrons. The van der Waals surface area contributed by atoms with Crippen LogP contribution < -0.4 is 0 Å². The molecule has 0 N–H and O–H groups in total. The minimum atomic E-state index is -3.07. The lowest BCUT2D eigenvalue weighted by Gasteiger charge is -2.37. The Hall–Kier alpha value is 0.200. The van der Waals surface area contributed by atoms with Crippen LogP contribution in [-0.4, -0.2) is 37.0 Å². The fourth-order valence-electron chi connectivity index (χ4n) is 5.73. The predicted molar refractivity (Wildman–Crippen MR) is 113 cm³/mol. The van der Waals surface area contributed by atoms with E-state index in [0.717, 1.165) is 70.3 Å². The van der Waals surface area contributed by atoms with Crippen LogP contribution in [0.1, 0.15) is 96.8 Å². The molecule has 0 aromatic heterocycles. The Morgan fingerprint density at radius 2 is 1.63 bits per heavy atom. The van der Waals surface area contributed by atoms with Crippen molar-refractivity contribution >= 4 is 21.4 Å². The molecule has 0 aromatic carbocycles.